The third-order valence-electron chi connectivity index (χ3n) is 3.72. The number of hydrogen-bond acceptors (Lipinski definition) is 5. The molecule has 3 aromatic rings. The number of ether oxygens (including phenoxy) is 1. The van der Waals surface area contributed by atoms with E-state index in [0.29, 0.717) is 5.56 Å². The number of nitrogens with one attached hydrogen (secondary N) is 1. The van der Waals surface area contributed by atoms with Gasteiger partial charge in [0.25, 0.3) is 0 Å². The van der Waals surface area contributed by atoms with Crippen LogP contribution >= 0.6 is 0 Å². The van der Waals surface area contributed by atoms with Crippen molar-refractivity contribution < 1.29 is 17.9 Å². The molecule has 128 valence electrons. The van der Waals surface area contributed by atoms with Crippen molar-refractivity contribution in [2.24, 2.45) is 0 Å². The lowest BCUT2D eigenvalue weighted by molar-refractivity contribution is 0.0600. The standard InChI is InChI=1S/C18H16N2O4S/c1-24-18(21)14-5-7-16(8-6-14)25(22,23)20-12-13-4-9-17-15(11-13)3-2-10-19-17/h2-11,20H,12H2,1H3. The number of esters is 1. The number of fused-ring (bicyclic) bond motifs is 1. The highest BCUT2D eigenvalue weighted by Crippen LogP contribution is 2.15. The fourth-order valence-corrected chi connectivity index (χ4v) is 3.40. The van der Waals surface area contributed by atoms with Gasteiger partial charge in [0.05, 0.1) is 23.1 Å². The fourth-order valence-electron chi connectivity index (χ4n) is 2.38. The molecular weight excluding hydrogens is 340 g/mol. The van der Waals surface area contributed by atoms with Gasteiger partial charge in [-0.3, -0.25) is 4.98 Å². The summed E-state index contributed by atoms with van der Waals surface area (Å²) in [5, 5.41) is 0.946. The predicted molar refractivity (Wildman–Crippen MR) is 93.6 cm³/mol. The Morgan fingerprint density at radius 2 is 1.88 bits per heavy atom. The lowest BCUT2D eigenvalue weighted by atomic mass is 10.1. The van der Waals surface area contributed by atoms with Crippen molar-refractivity contribution in [3.63, 3.8) is 0 Å². The van der Waals surface area contributed by atoms with Crippen LogP contribution < -0.4 is 4.72 Å². The number of nitrogens with zero attached hydrogens (tertiary/aromatic N) is 1. The molecule has 0 spiro atoms. The maximum atomic E-state index is 12.4. The zero-order valence-electron chi connectivity index (χ0n) is 13.5. The first-order chi connectivity index (χ1) is 12.0. The summed E-state index contributed by atoms with van der Waals surface area (Å²) in [5.41, 5.74) is 1.98. The monoisotopic (exact) mass is 356 g/mol. The molecule has 0 fully saturated rings. The third-order valence-corrected chi connectivity index (χ3v) is 5.14. The topological polar surface area (TPSA) is 85.4 Å². The van der Waals surface area contributed by atoms with Crippen LogP contribution in [-0.4, -0.2) is 26.5 Å². The number of sulfonamides is 1. The van der Waals surface area contributed by atoms with Gasteiger partial charge in [-0.05, 0) is 48.0 Å². The number of carbonyl (C=O) groups is 1. The van der Waals surface area contributed by atoms with Gasteiger partial charge < -0.3 is 4.74 Å². The number of aromatic nitrogens is 1. The summed E-state index contributed by atoms with van der Waals surface area (Å²) in [6, 6.07) is 14.9. The highest BCUT2D eigenvalue weighted by molar-refractivity contribution is 7.89. The van der Waals surface area contributed by atoms with E-state index in [9.17, 15) is 13.2 Å². The minimum absolute atomic E-state index is 0.0857. The maximum absolute atomic E-state index is 12.4. The van der Waals surface area contributed by atoms with E-state index in [1.165, 1.54) is 31.4 Å². The molecule has 0 atom stereocenters. The summed E-state index contributed by atoms with van der Waals surface area (Å²) >= 11 is 0. The van der Waals surface area contributed by atoms with Crippen molar-refractivity contribution in [2.75, 3.05) is 7.11 Å². The van der Waals surface area contributed by atoms with E-state index >= 15 is 0 Å². The Balaban J connectivity index is 1.75. The summed E-state index contributed by atoms with van der Waals surface area (Å²) in [5.74, 6) is -0.512. The summed E-state index contributed by atoms with van der Waals surface area (Å²) in [6.45, 7) is 0.159. The van der Waals surface area contributed by atoms with Crippen LogP contribution in [-0.2, 0) is 21.3 Å². The average molecular weight is 356 g/mol. The quantitative estimate of drug-likeness (QED) is 0.710. The van der Waals surface area contributed by atoms with Gasteiger partial charge in [-0.1, -0.05) is 12.1 Å². The van der Waals surface area contributed by atoms with E-state index in [1.807, 2.05) is 30.3 Å². The molecule has 2 aromatic carbocycles. The second kappa shape index (κ2) is 7.00. The van der Waals surface area contributed by atoms with E-state index in [2.05, 4.69) is 14.4 Å². The highest BCUT2D eigenvalue weighted by Gasteiger charge is 2.15. The zero-order chi connectivity index (χ0) is 17.9. The highest BCUT2D eigenvalue weighted by atomic mass is 32.2. The number of methoxy groups -OCH3 is 1. The summed E-state index contributed by atoms with van der Waals surface area (Å²) in [6.07, 6.45) is 1.71. The Morgan fingerprint density at radius 3 is 2.60 bits per heavy atom. The molecule has 1 aromatic heterocycles. The van der Waals surface area contributed by atoms with Crippen LogP contribution in [0.15, 0.2) is 65.7 Å². The Hall–Kier alpha value is -2.77. The minimum Gasteiger partial charge on any atom is -0.465 e. The van der Waals surface area contributed by atoms with E-state index in [-0.39, 0.29) is 11.4 Å². The number of benzene rings is 2. The van der Waals surface area contributed by atoms with Crippen molar-refractivity contribution >= 4 is 26.9 Å². The molecule has 0 aliphatic heterocycles. The SMILES string of the molecule is COC(=O)c1ccc(S(=O)(=O)NCc2ccc3ncccc3c2)cc1. The van der Waals surface area contributed by atoms with Crippen LogP contribution in [0.3, 0.4) is 0 Å². The van der Waals surface area contributed by atoms with E-state index in [0.717, 1.165) is 16.5 Å². The minimum atomic E-state index is -3.68. The Bertz CT molecular complexity index is 1010. The smallest absolute Gasteiger partial charge is 0.337 e. The predicted octanol–water partition coefficient (Wildman–Crippen LogP) is 2.50. The van der Waals surface area contributed by atoms with Gasteiger partial charge in [-0.2, -0.15) is 0 Å². The molecule has 7 heteroatoms. The molecule has 1 heterocycles. The van der Waals surface area contributed by atoms with Crippen LogP contribution in [0.1, 0.15) is 15.9 Å². The second-order valence-electron chi connectivity index (χ2n) is 5.37. The third kappa shape index (κ3) is 3.84. The molecule has 0 aliphatic carbocycles. The zero-order valence-corrected chi connectivity index (χ0v) is 14.3. The van der Waals surface area contributed by atoms with Crippen molar-refractivity contribution in [3.8, 4) is 0 Å². The van der Waals surface area contributed by atoms with Crippen LogP contribution in [0.2, 0.25) is 0 Å². The van der Waals surface area contributed by atoms with Crippen molar-refractivity contribution in [1.29, 1.82) is 0 Å². The van der Waals surface area contributed by atoms with Gasteiger partial charge in [-0.15, -0.1) is 0 Å². The fraction of sp³-hybridized carbons (Fsp3) is 0.111. The van der Waals surface area contributed by atoms with Crippen molar-refractivity contribution in [1.82, 2.24) is 9.71 Å². The Morgan fingerprint density at radius 1 is 1.12 bits per heavy atom. The summed E-state index contributed by atoms with van der Waals surface area (Å²) in [4.78, 5) is 15.7. The molecular formula is C18H16N2O4S. The first kappa shape index (κ1) is 17.1. The second-order valence-corrected chi connectivity index (χ2v) is 7.14. The van der Waals surface area contributed by atoms with Gasteiger partial charge >= 0.3 is 5.97 Å². The van der Waals surface area contributed by atoms with Crippen molar-refractivity contribution in [3.05, 3.63) is 71.9 Å². The van der Waals surface area contributed by atoms with E-state index < -0.39 is 16.0 Å². The first-order valence-corrected chi connectivity index (χ1v) is 8.99. The molecule has 0 unspecified atom stereocenters. The molecule has 0 radical (unpaired) electrons. The molecule has 0 bridgehead atoms. The molecule has 1 N–H and O–H groups in total. The van der Waals surface area contributed by atoms with Crippen LogP contribution in [0.4, 0.5) is 0 Å². The van der Waals surface area contributed by atoms with Gasteiger partial charge in [0.1, 0.15) is 0 Å². The molecule has 6 nitrogen and oxygen atoms in total. The molecule has 0 saturated carbocycles. The first-order valence-electron chi connectivity index (χ1n) is 7.51. The Labute approximate surface area is 145 Å². The Kier molecular flexibility index (Phi) is 4.78. The van der Waals surface area contributed by atoms with Gasteiger partial charge in [0.2, 0.25) is 10.0 Å². The van der Waals surface area contributed by atoms with E-state index in [4.69, 9.17) is 0 Å². The normalized spacial score (nSPS) is 11.4. The summed E-state index contributed by atoms with van der Waals surface area (Å²) < 4.78 is 31.9. The molecule has 25 heavy (non-hydrogen) atoms. The maximum Gasteiger partial charge on any atom is 0.337 e. The largest absolute Gasteiger partial charge is 0.465 e. The van der Waals surface area contributed by atoms with Gasteiger partial charge in [0, 0.05) is 18.1 Å². The molecule has 0 aliphatic rings. The van der Waals surface area contributed by atoms with Crippen LogP contribution in [0, 0.1) is 0 Å². The lowest BCUT2D eigenvalue weighted by Gasteiger charge is -2.08. The number of rotatable bonds is 5. The lowest BCUT2D eigenvalue weighted by Crippen LogP contribution is -2.23. The van der Waals surface area contributed by atoms with Crippen molar-refractivity contribution in [2.45, 2.75) is 11.4 Å². The summed E-state index contributed by atoms with van der Waals surface area (Å²) in [7, 11) is -2.41. The molecule has 0 amide bonds. The average Bonchev–Trinajstić information content (AvgIpc) is 2.65. The molecule has 0 saturated heterocycles. The van der Waals surface area contributed by atoms with Gasteiger partial charge in [-0.25, -0.2) is 17.9 Å². The number of pyridine rings is 1. The molecule has 3 rings (SSSR count). The number of carbonyl (C=O) groups excluding carboxylic acids is 1. The van der Waals surface area contributed by atoms with Crippen LogP contribution in [0.5, 0.6) is 0 Å². The number of hydrogen-bond donors (Lipinski definition) is 1. The van der Waals surface area contributed by atoms with Gasteiger partial charge in [0.15, 0.2) is 0 Å². The van der Waals surface area contributed by atoms with Crippen LogP contribution in [0.25, 0.3) is 10.9 Å². The van der Waals surface area contributed by atoms with E-state index in [1.54, 1.807) is 6.20 Å².